The predicted octanol–water partition coefficient (Wildman–Crippen LogP) is 2.78. The van der Waals surface area contributed by atoms with Gasteiger partial charge in [0.15, 0.2) is 6.61 Å². The molecule has 0 spiro atoms. The van der Waals surface area contributed by atoms with Crippen molar-refractivity contribution in [3.63, 3.8) is 0 Å². The van der Waals surface area contributed by atoms with Gasteiger partial charge in [-0.25, -0.2) is 13.2 Å². The molecule has 1 amide bonds. The topological polar surface area (TPSA) is 115 Å². The molecule has 2 aromatic carbocycles. The van der Waals surface area contributed by atoms with Crippen molar-refractivity contribution < 1.29 is 27.1 Å². The molecule has 2 heterocycles. The standard InChI is InChI=1S/C24H26N2O7S/c1-2-3-17-14-24(28)33-22-15-19(6-9-21(17)22)32-16-23(27)25-18-4-7-20(8-5-18)34(29,30)26-10-12-31-13-11-26/h4-9,14-15H,2-3,10-13,16H2,1H3,(H,25,27). The van der Waals surface area contributed by atoms with Crippen molar-refractivity contribution in [1.29, 1.82) is 0 Å². The summed E-state index contributed by atoms with van der Waals surface area (Å²) in [6, 6.07) is 12.6. The zero-order chi connectivity index (χ0) is 24.1. The van der Waals surface area contributed by atoms with Gasteiger partial charge in [0.05, 0.1) is 18.1 Å². The third-order valence-corrected chi connectivity index (χ3v) is 7.35. The van der Waals surface area contributed by atoms with Crippen LogP contribution in [0.2, 0.25) is 0 Å². The molecule has 10 heteroatoms. The quantitative estimate of drug-likeness (QED) is 0.487. The Morgan fingerprint density at radius 1 is 1.09 bits per heavy atom. The summed E-state index contributed by atoms with van der Waals surface area (Å²) in [5.41, 5.74) is 1.34. The van der Waals surface area contributed by atoms with Crippen molar-refractivity contribution in [1.82, 2.24) is 4.31 Å². The number of carbonyl (C=O) groups excluding carboxylic acids is 1. The van der Waals surface area contributed by atoms with Gasteiger partial charge in [0, 0.05) is 36.3 Å². The van der Waals surface area contributed by atoms with E-state index in [2.05, 4.69) is 5.32 Å². The third kappa shape index (κ3) is 5.46. The zero-order valence-corrected chi connectivity index (χ0v) is 19.6. The summed E-state index contributed by atoms with van der Waals surface area (Å²) < 4.78 is 42.8. The minimum Gasteiger partial charge on any atom is -0.484 e. The van der Waals surface area contributed by atoms with Crippen molar-refractivity contribution in [3.8, 4) is 5.75 Å². The fourth-order valence-corrected chi connectivity index (χ4v) is 5.18. The van der Waals surface area contributed by atoms with Crippen molar-refractivity contribution >= 4 is 32.6 Å². The molecule has 0 atom stereocenters. The summed E-state index contributed by atoms with van der Waals surface area (Å²) in [7, 11) is -3.60. The summed E-state index contributed by atoms with van der Waals surface area (Å²) >= 11 is 0. The monoisotopic (exact) mass is 486 g/mol. The maximum Gasteiger partial charge on any atom is 0.336 e. The summed E-state index contributed by atoms with van der Waals surface area (Å²) in [6.45, 7) is 3.14. The molecule has 0 radical (unpaired) electrons. The molecule has 4 rings (SSSR count). The number of ether oxygens (including phenoxy) is 2. The fraction of sp³-hybridized carbons (Fsp3) is 0.333. The van der Waals surface area contributed by atoms with E-state index in [1.807, 2.05) is 13.0 Å². The second-order valence-electron chi connectivity index (χ2n) is 7.88. The van der Waals surface area contributed by atoms with Gasteiger partial charge in [0.1, 0.15) is 11.3 Å². The Kier molecular flexibility index (Phi) is 7.30. The number of rotatable bonds is 8. The van der Waals surface area contributed by atoms with Gasteiger partial charge in [0.25, 0.3) is 5.91 Å². The number of anilines is 1. The summed E-state index contributed by atoms with van der Waals surface area (Å²) in [5.74, 6) is -0.0172. The highest BCUT2D eigenvalue weighted by Crippen LogP contribution is 2.24. The summed E-state index contributed by atoms with van der Waals surface area (Å²) in [6.07, 6.45) is 1.66. The van der Waals surface area contributed by atoms with Crippen LogP contribution in [0.25, 0.3) is 11.0 Å². The van der Waals surface area contributed by atoms with E-state index in [1.165, 1.54) is 34.6 Å². The average Bonchev–Trinajstić information content (AvgIpc) is 2.83. The van der Waals surface area contributed by atoms with E-state index in [4.69, 9.17) is 13.9 Å². The van der Waals surface area contributed by atoms with Crippen LogP contribution in [0.5, 0.6) is 5.75 Å². The highest BCUT2D eigenvalue weighted by molar-refractivity contribution is 7.89. The van der Waals surface area contributed by atoms with E-state index in [0.717, 1.165) is 23.8 Å². The molecule has 34 heavy (non-hydrogen) atoms. The highest BCUT2D eigenvalue weighted by atomic mass is 32.2. The Bertz CT molecular complexity index is 1330. The Morgan fingerprint density at radius 3 is 2.53 bits per heavy atom. The van der Waals surface area contributed by atoms with Crippen LogP contribution >= 0.6 is 0 Å². The Balaban J connectivity index is 1.37. The number of fused-ring (bicyclic) bond motifs is 1. The molecule has 0 bridgehead atoms. The van der Waals surface area contributed by atoms with Gasteiger partial charge in [-0.15, -0.1) is 0 Å². The first-order valence-corrected chi connectivity index (χ1v) is 12.5. The molecule has 1 fully saturated rings. The number of sulfonamides is 1. The second kappa shape index (κ2) is 10.4. The second-order valence-corrected chi connectivity index (χ2v) is 9.81. The average molecular weight is 487 g/mol. The molecule has 1 saturated heterocycles. The van der Waals surface area contributed by atoms with Crippen LogP contribution in [-0.4, -0.2) is 51.5 Å². The Labute approximate surface area is 197 Å². The van der Waals surface area contributed by atoms with Crippen LogP contribution in [0.3, 0.4) is 0 Å². The molecule has 0 aliphatic carbocycles. The lowest BCUT2D eigenvalue weighted by Crippen LogP contribution is -2.40. The van der Waals surface area contributed by atoms with Gasteiger partial charge in [-0.05, 0) is 48.4 Å². The van der Waals surface area contributed by atoms with Gasteiger partial charge in [0.2, 0.25) is 10.0 Å². The van der Waals surface area contributed by atoms with Crippen molar-refractivity contribution in [2.45, 2.75) is 24.7 Å². The first-order chi connectivity index (χ1) is 16.4. The zero-order valence-electron chi connectivity index (χ0n) is 18.8. The maximum atomic E-state index is 12.7. The van der Waals surface area contributed by atoms with E-state index in [-0.39, 0.29) is 11.5 Å². The van der Waals surface area contributed by atoms with Gasteiger partial charge in [-0.2, -0.15) is 4.31 Å². The number of benzene rings is 2. The number of morpholine rings is 1. The van der Waals surface area contributed by atoms with Crippen LogP contribution in [0, 0.1) is 0 Å². The van der Waals surface area contributed by atoms with E-state index in [1.54, 1.807) is 12.1 Å². The molecule has 0 unspecified atom stereocenters. The van der Waals surface area contributed by atoms with Crippen LogP contribution < -0.4 is 15.7 Å². The van der Waals surface area contributed by atoms with Gasteiger partial charge < -0.3 is 19.2 Å². The van der Waals surface area contributed by atoms with Crippen molar-refractivity contribution in [2.24, 2.45) is 0 Å². The molecular weight excluding hydrogens is 460 g/mol. The molecule has 1 aromatic heterocycles. The first-order valence-electron chi connectivity index (χ1n) is 11.0. The predicted molar refractivity (Wildman–Crippen MR) is 127 cm³/mol. The normalized spacial score (nSPS) is 14.7. The van der Waals surface area contributed by atoms with Gasteiger partial charge in [-0.3, -0.25) is 4.79 Å². The number of amides is 1. The number of hydrogen-bond acceptors (Lipinski definition) is 7. The van der Waals surface area contributed by atoms with Crippen molar-refractivity contribution in [3.05, 3.63) is 64.5 Å². The minimum atomic E-state index is -3.60. The number of aryl methyl sites for hydroxylation is 1. The summed E-state index contributed by atoms with van der Waals surface area (Å²) in [4.78, 5) is 24.3. The lowest BCUT2D eigenvalue weighted by Gasteiger charge is -2.26. The van der Waals surface area contributed by atoms with Gasteiger partial charge >= 0.3 is 5.63 Å². The third-order valence-electron chi connectivity index (χ3n) is 5.44. The lowest BCUT2D eigenvalue weighted by molar-refractivity contribution is -0.118. The largest absolute Gasteiger partial charge is 0.484 e. The molecule has 1 N–H and O–H groups in total. The SMILES string of the molecule is CCCc1cc(=O)oc2cc(OCC(=O)Nc3ccc(S(=O)(=O)N4CCOCC4)cc3)ccc12. The molecular formula is C24H26N2O7S. The Morgan fingerprint density at radius 2 is 1.82 bits per heavy atom. The smallest absolute Gasteiger partial charge is 0.336 e. The fourth-order valence-electron chi connectivity index (χ4n) is 3.77. The van der Waals surface area contributed by atoms with Gasteiger partial charge in [-0.1, -0.05) is 13.3 Å². The van der Waals surface area contributed by atoms with E-state index >= 15 is 0 Å². The molecule has 180 valence electrons. The minimum absolute atomic E-state index is 0.156. The maximum absolute atomic E-state index is 12.7. The number of nitrogens with one attached hydrogen (secondary N) is 1. The Hall–Kier alpha value is -3.21. The van der Waals surface area contributed by atoms with Crippen LogP contribution in [-0.2, 0) is 26.0 Å². The van der Waals surface area contributed by atoms with Crippen LogP contribution in [0.1, 0.15) is 18.9 Å². The number of hydrogen-bond donors (Lipinski definition) is 1. The van der Waals surface area contributed by atoms with E-state index < -0.39 is 21.6 Å². The lowest BCUT2D eigenvalue weighted by atomic mass is 10.1. The van der Waals surface area contributed by atoms with Crippen LogP contribution in [0.4, 0.5) is 5.69 Å². The van der Waals surface area contributed by atoms with Crippen molar-refractivity contribution in [2.75, 3.05) is 38.2 Å². The summed E-state index contributed by atoms with van der Waals surface area (Å²) in [5, 5.41) is 3.52. The number of nitrogens with zero attached hydrogens (tertiary/aromatic N) is 1. The first kappa shape index (κ1) is 23.9. The molecule has 0 saturated carbocycles. The van der Waals surface area contributed by atoms with E-state index in [0.29, 0.717) is 43.3 Å². The van der Waals surface area contributed by atoms with E-state index in [9.17, 15) is 18.0 Å². The molecule has 1 aliphatic rings. The number of carbonyl (C=O) groups is 1. The molecule has 1 aliphatic heterocycles. The van der Waals surface area contributed by atoms with Crippen LogP contribution in [0.15, 0.2) is 62.6 Å². The molecule has 9 nitrogen and oxygen atoms in total. The molecule has 3 aromatic rings. The highest BCUT2D eigenvalue weighted by Gasteiger charge is 2.26.